The molecule has 0 unspecified atom stereocenters. The minimum Gasteiger partial charge on any atom is -0.481 e. The van der Waals surface area contributed by atoms with Gasteiger partial charge in [-0.25, -0.2) is 9.59 Å². The zero-order chi connectivity index (χ0) is 26.1. The molecule has 0 saturated heterocycles. The highest BCUT2D eigenvalue weighted by Gasteiger charge is 2.60. The van der Waals surface area contributed by atoms with Gasteiger partial charge in [-0.05, 0) is 0 Å². The van der Waals surface area contributed by atoms with Crippen LogP contribution in [0.4, 0.5) is 39.5 Å². The quantitative estimate of drug-likeness (QED) is 0.301. The molecule has 0 aromatic carbocycles. The van der Waals surface area contributed by atoms with Crippen LogP contribution >= 0.6 is 0 Å². The number of rotatable bonds is 8. The van der Waals surface area contributed by atoms with Crippen LogP contribution in [0.25, 0.3) is 0 Å². The van der Waals surface area contributed by atoms with Crippen LogP contribution in [0.15, 0.2) is 24.3 Å². The number of carboxylic acid groups (broad SMARTS) is 2. The predicted octanol–water partition coefficient (Wildman–Crippen LogP) is 3.18. The largest absolute Gasteiger partial charge is 0.481 e. The predicted molar refractivity (Wildman–Crippen MR) is 81.8 cm³/mol. The van der Waals surface area contributed by atoms with Gasteiger partial charge in [-0.3, -0.25) is 9.59 Å². The molecule has 0 amide bonds. The number of ether oxygens (including phenoxy) is 2. The molecule has 0 radical (unpaired) electrons. The average Bonchev–Trinajstić information content (AvgIpc) is 2.53. The van der Waals surface area contributed by atoms with Crippen molar-refractivity contribution in [1.82, 2.24) is 0 Å². The summed E-state index contributed by atoms with van der Waals surface area (Å²) in [5, 5.41) is 16.3. The van der Waals surface area contributed by atoms with Gasteiger partial charge < -0.3 is 19.7 Å². The Morgan fingerprint density at radius 1 is 0.719 bits per heavy atom. The zero-order valence-electron chi connectivity index (χ0n) is 15.4. The van der Waals surface area contributed by atoms with Gasteiger partial charge in [0.15, 0.2) is 6.61 Å². The highest BCUT2D eigenvalue weighted by atomic mass is 19.4. The van der Waals surface area contributed by atoms with Crippen LogP contribution in [0.3, 0.4) is 0 Å². The maximum absolute atomic E-state index is 12.0. The lowest BCUT2D eigenvalue weighted by atomic mass is 10.2. The van der Waals surface area contributed by atoms with Gasteiger partial charge >= 0.3 is 42.4 Å². The maximum Gasteiger partial charge on any atom is 0.434 e. The Kier molecular flexibility index (Phi) is 11.5. The average molecular weight is 492 g/mol. The molecule has 0 rings (SSSR count). The molecule has 0 aliphatic rings. The number of hydrogen-bond donors (Lipinski definition) is 2. The number of alkyl halides is 9. The summed E-state index contributed by atoms with van der Waals surface area (Å²) in [4.78, 5) is 41.5. The Hall–Kier alpha value is -3.27. The summed E-state index contributed by atoms with van der Waals surface area (Å²) in [6.07, 6.45) is -22.5. The van der Waals surface area contributed by atoms with E-state index in [0.29, 0.717) is 0 Å². The van der Waals surface area contributed by atoms with E-state index in [0.717, 1.165) is 0 Å². The highest BCUT2D eigenvalue weighted by Crippen LogP contribution is 2.36. The molecule has 0 saturated carbocycles. The van der Waals surface area contributed by atoms with E-state index in [2.05, 4.69) is 22.6 Å². The third-order valence-electron chi connectivity index (χ3n) is 2.49. The molecular formula is C15H13F9O8. The fraction of sp³-hybridized carbons (Fsp3) is 0.467. The van der Waals surface area contributed by atoms with Crippen LogP contribution in [-0.4, -0.2) is 65.3 Å². The third kappa shape index (κ3) is 14.7. The lowest BCUT2D eigenvalue weighted by Crippen LogP contribution is -2.45. The van der Waals surface area contributed by atoms with E-state index in [1.165, 1.54) is 0 Å². The number of hydrogen-bond acceptors (Lipinski definition) is 6. The monoisotopic (exact) mass is 492 g/mol. The first-order chi connectivity index (χ1) is 14.1. The Morgan fingerprint density at radius 3 is 1.34 bits per heavy atom. The molecule has 0 bridgehead atoms. The Balaban J connectivity index is 0. The molecule has 17 heteroatoms. The smallest absolute Gasteiger partial charge is 0.434 e. The molecule has 0 atom stereocenters. The molecule has 0 spiro atoms. The normalized spacial score (nSPS) is 11.7. The summed E-state index contributed by atoms with van der Waals surface area (Å²) in [5.41, 5.74) is -1.55. The molecule has 0 aliphatic heterocycles. The lowest BCUT2D eigenvalue weighted by Gasteiger charge is -2.22. The van der Waals surface area contributed by atoms with Crippen molar-refractivity contribution in [2.24, 2.45) is 0 Å². The minimum absolute atomic E-state index is 0.526. The van der Waals surface area contributed by atoms with Crippen molar-refractivity contribution in [3.8, 4) is 0 Å². The van der Waals surface area contributed by atoms with Crippen LogP contribution < -0.4 is 0 Å². The van der Waals surface area contributed by atoms with Gasteiger partial charge in [-0.1, -0.05) is 13.2 Å². The van der Waals surface area contributed by atoms with Gasteiger partial charge in [-0.15, -0.1) is 0 Å². The van der Waals surface area contributed by atoms with Crippen molar-refractivity contribution < 1.29 is 78.4 Å². The van der Waals surface area contributed by atoms with Gasteiger partial charge in [0.05, 0.1) is 12.8 Å². The van der Waals surface area contributed by atoms with Crippen LogP contribution in [-0.2, 0) is 28.7 Å². The summed E-state index contributed by atoms with van der Waals surface area (Å²) in [6.45, 7) is 3.95. The molecule has 0 heterocycles. The molecule has 0 fully saturated rings. The molecular weight excluding hydrogens is 479 g/mol. The van der Waals surface area contributed by atoms with Gasteiger partial charge in [0.1, 0.15) is 0 Å². The Labute approximate surface area is 171 Å². The van der Waals surface area contributed by atoms with Gasteiger partial charge in [-0.2, -0.15) is 39.5 Å². The molecule has 184 valence electrons. The van der Waals surface area contributed by atoms with Crippen molar-refractivity contribution in [3.05, 3.63) is 24.3 Å². The summed E-state index contributed by atoms with van der Waals surface area (Å²) in [7, 11) is 0. The number of carbonyl (C=O) groups is 4. The van der Waals surface area contributed by atoms with E-state index in [4.69, 9.17) is 10.2 Å². The highest BCUT2D eigenvalue weighted by molar-refractivity contribution is 5.93. The maximum atomic E-state index is 12.0. The van der Waals surface area contributed by atoms with E-state index in [9.17, 15) is 58.7 Å². The number of carbonyl (C=O) groups excluding carboxylic acids is 2. The summed E-state index contributed by atoms with van der Waals surface area (Å²) < 4.78 is 113. The van der Waals surface area contributed by atoms with E-state index in [1.54, 1.807) is 0 Å². The van der Waals surface area contributed by atoms with Gasteiger partial charge in [0.25, 0.3) is 6.10 Å². The van der Waals surface area contributed by atoms with Gasteiger partial charge in [0, 0.05) is 11.1 Å². The number of aliphatic carboxylic acids is 2. The van der Waals surface area contributed by atoms with E-state index < -0.39 is 79.1 Å². The van der Waals surface area contributed by atoms with Crippen LogP contribution in [0.5, 0.6) is 0 Å². The van der Waals surface area contributed by atoms with Crippen molar-refractivity contribution in [2.45, 2.75) is 37.5 Å². The SMILES string of the molecule is C=C(CC(=O)O)C(=O)OC(C(F)(F)F)C(F)(F)F.C=C(CC(=O)O)C(=O)OCC(F)(F)F. The zero-order valence-corrected chi connectivity index (χ0v) is 15.4. The second kappa shape index (κ2) is 11.9. The van der Waals surface area contributed by atoms with Crippen LogP contribution in [0, 0.1) is 0 Å². The standard InChI is InChI=1S/C8H6F6O4.C7H7F3O4/c1-3(2-4(15)16)5(17)18-6(7(9,10)11)8(12,13)14;1-4(2-5(11)12)6(13)14-3-7(8,9)10/h6H,1-2H2,(H,15,16);1-3H2,(H,11,12). The van der Waals surface area contributed by atoms with E-state index >= 15 is 0 Å². The molecule has 0 aromatic heterocycles. The fourth-order valence-electron chi connectivity index (χ4n) is 1.27. The first-order valence-corrected chi connectivity index (χ1v) is 7.45. The molecule has 0 aliphatic carbocycles. The molecule has 8 nitrogen and oxygen atoms in total. The molecule has 0 aromatic rings. The Morgan fingerprint density at radius 2 is 1.06 bits per heavy atom. The third-order valence-corrected chi connectivity index (χ3v) is 2.49. The van der Waals surface area contributed by atoms with Crippen molar-refractivity contribution in [2.75, 3.05) is 6.61 Å². The first-order valence-electron chi connectivity index (χ1n) is 7.45. The number of esters is 2. The summed E-state index contributed by atoms with van der Waals surface area (Å²) in [6, 6.07) is 0. The Bertz CT molecular complexity index is 721. The number of carboxylic acids is 2. The van der Waals surface area contributed by atoms with E-state index in [-0.39, 0.29) is 0 Å². The van der Waals surface area contributed by atoms with E-state index in [1.807, 2.05) is 0 Å². The summed E-state index contributed by atoms with van der Waals surface area (Å²) in [5.74, 6) is -6.44. The lowest BCUT2D eigenvalue weighted by molar-refractivity contribution is -0.312. The second-order valence-electron chi connectivity index (χ2n) is 5.41. The topological polar surface area (TPSA) is 127 Å². The number of halogens is 9. The van der Waals surface area contributed by atoms with Crippen molar-refractivity contribution in [3.63, 3.8) is 0 Å². The first kappa shape index (κ1) is 30.9. The fourth-order valence-corrected chi connectivity index (χ4v) is 1.27. The molecule has 2 N–H and O–H groups in total. The summed E-state index contributed by atoms with van der Waals surface area (Å²) >= 11 is 0. The van der Waals surface area contributed by atoms with Crippen LogP contribution in [0.1, 0.15) is 12.8 Å². The van der Waals surface area contributed by atoms with Crippen molar-refractivity contribution in [1.29, 1.82) is 0 Å². The minimum atomic E-state index is -5.85. The second-order valence-corrected chi connectivity index (χ2v) is 5.41. The molecule has 32 heavy (non-hydrogen) atoms. The van der Waals surface area contributed by atoms with Crippen LogP contribution in [0.2, 0.25) is 0 Å². The van der Waals surface area contributed by atoms with Gasteiger partial charge in [0.2, 0.25) is 0 Å². The van der Waals surface area contributed by atoms with Crippen molar-refractivity contribution >= 4 is 23.9 Å².